The predicted octanol–water partition coefficient (Wildman–Crippen LogP) is 11.6. The van der Waals surface area contributed by atoms with E-state index in [4.69, 9.17) is 9.47 Å². The number of benzene rings is 7. The van der Waals surface area contributed by atoms with Gasteiger partial charge in [-0.25, -0.2) is 0 Å². The molecule has 0 aromatic heterocycles. The lowest BCUT2D eigenvalue weighted by Crippen LogP contribution is -2.16. The maximum atomic E-state index is 14.5. The Morgan fingerprint density at radius 2 is 1.09 bits per heavy atom. The number of carbonyl (C=O) groups excluding carboxylic acids is 2. The van der Waals surface area contributed by atoms with Gasteiger partial charge in [0.05, 0.1) is 18.2 Å². The maximum absolute atomic E-state index is 14.5. The number of carbonyl (C=O) groups is 2. The summed E-state index contributed by atoms with van der Waals surface area (Å²) in [5, 5.41) is 0. The summed E-state index contributed by atoms with van der Waals surface area (Å²) in [6.45, 7) is 1.05. The normalized spacial score (nSPS) is 12.5. The predicted molar refractivity (Wildman–Crippen MR) is 234 cm³/mol. The first kappa shape index (κ1) is 37.5. The summed E-state index contributed by atoms with van der Waals surface area (Å²) in [4.78, 5) is 33.0. The fourth-order valence-corrected chi connectivity index (χ4v) is 7.25. The zero-order valence-electron chi connectivity index (χ0n) is 32.2. The van der Waals surface area contributed by atoms with Gasteiger partial charge in [-0.05, 0) is 83.3 Å². The third-order valence-corrected chi connectivity index (χ3v) is 10.3. The van der Waals surface area contributed by atoms with Crippen LogP contribution >= 0.6 is 0 Å². The fraction of sp³-hybridized carbons (Fsp3) is 0.0769. The lowest BCUT2D eigenvalue weighted by molar-refractivity contribution is 0.104. The number of Topliss-reactive ketones (excluding diaryl/α,β-unsaturated/α-hetero) is 2. The molecule has 284 valence electrons. The van der Waals surface area contributed by atoms with Crippen LogP contribution in [0.1, 0.15) is 43.0 Å². The highest BCUT2D eigenvalue weighted by atomic mass is 16.5. The zero-order valence-corrected chi connectivity index (χ0v) is 32.2. The molecule has 1 aliphatic rings. The van der Waals surface area contributed by atoms with Crippen molar-refractivity contribution in [2.24, 2.45) is 0 Å². The van der Waals surface area contributed by atoms with Crippen LogP contribution in [0.3, 0.4) is 0 Å². The molecule has 7 aromatic rings. The minimum absolute atomic E-state index is 0.108. The topological polar surface area (TPSA) is 59.1 Å². The first-order valence-electron chi connectivity index (χ1n) is 19.3. The molecule has 0 atom stereocenters. The second-order valence-corrected chi connectivity index (χ2v) is 13.9. The molecule has 6 heteroatoms. The molecular formula is C52H42N2O4. The van der Waals surface area contributed by atoms with E-state index in [0.717, 1.165) is 46.7 Å². The lowest BCUT2D eigenvalue weighted by Gasteiger charge is -2.23. The van der Waals surface area contributed by atoms with Crippen LogP contribution in [-0.2, 0) is 13.0 Å². The molecular weight excluding hydrogens is 717 g/mol. The number of methoxy groups -OCH3 is 1. The fourth-order valence-electron chi connectivity index (χ4n) is 7.25. The minimum atomic E-state index is -0.154. The average Bonchev–Trinajstić information content (AvgIpc) is 3.71. The van der Waals surface area contributed by atoms with Crippen molar-refractivity contribution in [1.29, 1.82) is 0 Å². The summed E-state index contributed by atoms with van der Waals surface area (Å²) >= 11 is 0. The molecule has 8 rings (SSSR count). The van der Waals surface area contributed by atoms with E-state index in [0.29, 0.717) is 33.8 Å². The van der Waals surface area contributed by atoms with E-state index in [-0.39, 0.29) is 18.2 Å². The van der Waals surface area contributed by atoms with Crippen LogP contribution in [0.5, 0.6) is 11.5 Å². The second-order valence-electron chi connectivity index (χ2n) is 13.9. The van der Waals surface area contributed by atoms with Gasteiger partial charge in [-0.15, -0.1) is 0 Å². The Kier molecular flexibility index (Phi) is 11.4. The highest BCUT2D eigenvalue weighted by Gasteiger charge is 2.24. The Morgan fingerprint density at radius 1 is 0.569 bits per heavy atom. The van der Waals surface area contributed by atoms with Crippen LogP contribution in [-0.4, -0.2) is 25.2 Å². The first-order valence-corrected chi connectivity index (χ1v) is 19.3. The van der Waals surface area contributed by atoms with E-state index in [1.54, 1.807) is 19.2 Å². The van der Waals surface area contributed by atoms with Gasteiger partial charge in [0.15, 0.2) is 11.6 Å². The highest BCUT2D eigenvalue weighted by Crippen LogP contribution is 2.34. The SMILES string of the molecule is COc1ccccc1C(=O)/C(=C/N(c1ccccc1)c1ccc(COc2ccccc2C(=O)/C(=C/N2CCc3ccccc32)c2ccccc2)cc1)c1ccccc1. The quantitative estimate of drug-likeness (QED) is 0.0813. The largest absolute Gasteiger partial charge is 0.496 e. The highest BCUT2D eigenvalue weighted by molar-refractivity contribution is 6.31. The third-order valence-electron chi connectivity index (χ3n) is 10.3. The van der Waals surface area contributed by atoms with Crippen LogP contribution in [0.15, 0.2) is 200 Å². The smallest absolute Gasteiger partial charge is 0.198 e. The van der Waals surface area contributed by atoms with Gasteiger partial charge < -0.3 is 19.3 Å². The molecule has 0 aliphatic carbocycles. The van der Waals surface area contributed by atoms with Crippen LogP contribution in [0, 0.1) is 0 Å². The maximum Gasteiger partial charge on any atom is 0.198 e. The third kappa shape index (κ3) is 8.23. The van der Waals surface area contributed by atoms with Crippen molar-refractivity contribution >= 4 is 39.8 Å². The van der Waals surface area contributed by atoms with Crippen molar-refractivity contribution in [3.05, 3.63) is 234 Å². The zero-order chi connectivity index (χ0) is 39.7. The molecule has 0 spiro atoms. The van der Waals surface area contributed by atoms with Crippen LogP contribution in [0.25, 0.3) is 11.1 Å². The molecule has 0 saturated carbocycles. The molecule has 0 unspecified atom stereocenters. The molecule has 0 bridgehead atoms. The van der Waals surface area contributed by atoms with Gasteiger partial charge in [-0.3, -0.25) is 9.59 Å². The molecule has 1 heterocycles. The Hall–Kier alpha value is -7.44. The number of fused-ring (bicyclic) bond motifs is 1. The Balaban J connectivity index is 1.08. The van der Waals surface area contributed by atoms with Crippen molar-refractivity contribution < 1.29 is 19.1 Å². The number of para-hydroxylation sites is 4. The van der Waals surface area contributed by atoms with Crippen molar-refractivity contribution in [2.45, 2.75) is 13.0 Å². The Bertz CT molecular complexity index is 2580. The molecule has 58 heavy (non-hydrogen) atoms. The second kappa shape index (κ2) is 17.6. The molecule has 7 aromatic carbocycles. The van der Waals surface area contributed by atoms with Gasteiger partial charge in [-0.1, -0.05) is 133 Å². The van der Waals surface area contributed by atoms with Crippen LogP contribution in [0.4, 0.5) is 17.1 Å². The van der Waals surface area contributed by atoms with Crippen molar-refractivity contribution in [1.82, 2.24) is 0 Å². The molecule has 0 radical (unpaired) electrons. The van der Waals surface area contributed by atoms with Crippen LogP contribution < -0.4 is 19.3 Å². The molecule has 1 aliphatic heterocycles. The van der Waals surface area contributed by atoms with Gasteiger partial charge in [0, 0.05) is 47.2 Å². The van der Waals surface area contributed by atoms with E-state index >= 15 is 0 Å². The molecule has 6 nitrogen and oxygen atoms in total. The number of nitrogens with zero attached hydrogens (tertiary/aromatic N) is 2. The molecule has 0 saturated heterocycles. The monoisotopic (exact) mass is 758 g/mol. The van der Waals surface area contributed by atoms with Crippen molar-refractivity contribution in [3.63, 3.8) is 0 Å². The summed E-state index contributed by atoms with van der Waals surface area (Å²) in [5.41, 5.74) is 8.78. The van der Waals surface area contributed by atoms with Gasteiger partial charge >= 0.3 is 0 Å². The Morgan fingerprint density at radius 3 is 1.76 bits per heavy atom. The van der Waals surface area contributed by atoms with E-state index in [1.807, 2.05) is 175 Å². The minimum Gasteiger partial charge on any atom is -0.496 e. The number of rotatable bonds is 14. The van der Waals surface area contributed by atoms with E-state index in [9.17, 15) is 9.59 Å². The standard InChI is InChI=1S/C52H42N2O4/c1-57-49-27-15-12-24-44(49)51(55)47(40-19-7-3-8-20-40)36-54(42-22-9-4-10-23-42)43-31-29-38(30-32-43)37-58-50-28-16-13-25-45(50)52(56)46(39-17-5-2-6-18-39)35-53-34-33-41-21-11-14-26-48(41)53/h2-32,35-36H,33-34,37H2,1H3/b46-35+,47-36+. The summed E-state index contributed by atoms with van der Waals surface area (Å²) in [7, 11) is 1.57. The number of anilines is 3. The molecule has 0 N–H and O–H groups in total. The van der Waals surface area contributed by atoms with E-state index in [2.05, 4.69) is 23.1 Å². The van der Waals surface area contributed by atoms with Crippen LogP contribution in [0.2, 0.25) is 0 Å². The molecule has 0 fully saturated rings. The number of allylic oxidation sites excluding steroid dienone is 2. The van der Waals surface area contributed by atoms with Gasteiger partial charge in [0.1, 0.15) is 18.1 Å². The molecule has 0 amide bonds. The van der Waals surface area contributed by atoms with E-state index in [1.165, 1.54) is 5.56 Å². The number of hydrogen-bond donors (Lipinski definition) is 0. The summed E-state index contributed by atoms with van der Waals surface area (Å²) in [5.74, 6) is 0.761. The Labute approximate surface area is 339 Å². The lowest BCUT2D eigenvalue weighted by atomic mass is 9.96. The van der Waals surface area contributed by atoms with Gasteiger partial charge in [-0.2, -0.15) is 0 Å². The summed E-state index contributed by atoms with van der Waals surface area (Å²) in [6.07, 6.45) is 4.81. The summed E-state index contributed by atoms with van der Waals surface area (Å²) < 4.78 is 12.0. The summed E-state index contributed by atoms with van der Waals surface area (Å²) in [6, 6.07) is 60.5. The number of hydrogen-bond acceptors (Lipinski definition) is 6. The number of ether oxygens (including phenoxy) is 2. The first-order chi connectivity index (χ1) is 28.6. The van der Waals surface area contributed by atoms with E-state index < -0.39 is 0 Å². The van der Waals surface area contributed by atoms with Crippen molar-refractivity contribution in [3.8, 4) is 11.5 Å². The number of ketones is 2. The van der Waals surface area contributed by atoms with Gasteiger partial charge in [0.25, 0.3) is 0 Å². The van der Waals surface area contributed by atoms with Gasteiger partial charge in [0.2, 0.25) is 0 Å². The average molecular weight is 759 g/mol. The van der Waals surface area contributed by atoms with Crippen molar-refractivity contribution in [2.75, 3.05) is 23.5 Å².